The van der Waals surface area contributed by atoms with Crippen molar-refractivity contribution in [2.24, 2.45) is 0 Å². The van der Waals surface area contributed by atoms with Gasteiger partial charge in [0.15, 0.2) is 0 Å². The van der Waals surface area contributed by atoms with Gasteiger partial charge in [-0.05, 0) is 55.4 Å². The predicted molar refractivity (Wildman–Crippen MR) is 100 cm³/mol. The number of halogens is 1. The first-order valence-corrected chi connectivity index (χ1v) is 9.00. The van der Waals surface area contributed by atoms with Gasteiger partial charge in [0.25, 0.3) is 11.1 Å². The molecule has 0 saturated carbocycles. The summed E-state index contributed by atoms with van der Waals surface area (Å²) in [4.78, 5) is 26.0. The highest BCUT2D eigenvalue weighted by molar-refractivity contribution is 8.18. The Morgan fingerprint density at radius 1 is 1.15 bits per heavy atom. The fraction of sp³-hybridized carbons (Fsp3) is 0.200. The summed E-state index contributed by atoms with van der Waals surface area (Å²) in [6, 6.07) is 13.2. The van der Waals surface area contributed by atoms with Gasteiger partial charge in [0.1, 0.15) is 18.2 Å². The van der Waals surface area contributed by atoms with Crippen LogP contribution >= 0.6 is 11.8 Å². The lowest BCUT2D eigenvalue weighted by molar-refractivity contribution is -0.123. The second-order valence-corrected chi connectivity index (χ2v) is 7.10. The molecule has 1 aliphatic rings. The van der Waals surface area contributed by atoms with Gasteiger partial charge < -0.3 is 4.74 Å². The van der Waals surface area contributed by atoms with Gasteiger partial charge in [0, 0.05) is 11.6 Å². The Morgan fingerprint density at radius 2 is 1.92 bits per heavy atom. The summed E-state index contributed by atoms with van der Waals surface area (Å²) in [7, 11) is 0. The summed E-state index contributed by atoms with van der Waals surface area (Å²) in [6.45, 7) is 3.81. The van der Waals surface area contributed by atoms with E-state index in [1.807, 2.05) is 18.2 Å². The van der Waals surface area contributed by atoms with Gasteiger partial charge in [-0.2, -0.15) is 0 Å². The molecule has 134 valence electrons. The normalized spacial score (nSPS) is 16.0. The number of rotatable bonds is 5. The van der Waals surface area contributed by atoms with Crippen LogP contribution in [0.1, 0.15) is 25.0 Å². The second kappa shape index (κ2) is 7.74. The average Bonchev–Trinajstić information content (AvgIpc) is 2.88. The number of hydrogen-bond donors (Lipinski definition) is 0. The molecule has 0 aliphatic carbocycles. The molecule has 0 atom stereocenters. The lowest BCUT2D eigenvalue weighted by atomic mass is 10.1. The van der Waals surface area contributed by atoms with Crippen molar-refractivity contribution in [3.8, 4) is 5.75 Å². The van der Waals surface area contributed by atoms with Gasteiger partial charge in [-0.1, -0.05) is 30.3 Å². The number of ether oxygens (including phenoxy) is 1. The van der Waals surface area contributed by atoms with E-state index in [2.05, 4.69) is 0 Å². The van der Waals surface area contributed by atoms with Gasteiger partial charge >= 0.3 is 0 Å². The minimum atomic E-state index is -0.318. The van der Waals surface area contributed by atoms with Gasteiger partial charge in [0.2, 0.25) is 0 Å². The van der Waals surface area contributed by atoms with Gasteiger partial charge in [-0.3, -0.25) is 14.5 Å². The first-order chi connectivity index (χ1) is 12.5. The SMILES string of the molecule is CC(C)N1C(=O)S/C(=C\c2ccccc2OCc2cccc(F)c2)C1=O. The van der Waals surface area contributed by atoms with Gasteiger partial charge in [0.05, 0.1) is 4.91 Å². The number of para-hydroxylation sites is 1. The molecule has 1 saturated heterocycles. The third kappa shape index (κ3) is 3.96. The van der Waals surface area contributed by atoms with Crippen molar-refractivity contribution in [1.82, 2.24) is 4.90 Å². The molecule has 1 fully saturated rings. The predicted octanol–water partition coefficient (Wildman–Crippen LogP) is 4.85. The number of benzene rings is 2. The number of imide groups is 1. The average molecular weight is 371 g/mol. The highest BCUT2D eigenvalue weighted by Gasteiger charge is 2.36. The standard InChI is InChI=1S/C20H18FNO3S/c1-13(2)22-19(23)18(26-20(22)24)11-15-7-3-4-9-17(15)25-12-14-6-5-8-16(21)10-14/h3-11,13H,12H2,1-2H3/b18-11-. The van der Waals surface area contributed by atoms with Crippen LogP contribution in [0.3, 0.4) is 0 Å². The van der Waals surface area contributed by atoms with Crippen molar-refractivity contribution >= 4 is 29.0 Å². The smallest absolute Gasteiger partial charge is 0.293 e. The topological polar surface area (TPSA) is 46.6 Å². The van der Waals surface area contributed by atoms with E-state index in [9.17, 15) is 14.0 Å². The minimum Gasteiger partial charge on any atom is -0.488 e. The summed E-state index contributed by atoms with van der Waals surface area (Å²) in [5.41, 5.74) is 1.40. The maximum absolute atomic E-state index is 13.3. The molecule has 1 heterocycles. The number of nitrogens with zero attached hydrogens (tertiary/aromatic N) is 1. The molecule has 0 N–H and O–H groups in total. The first-order valence-electron chi connectivity index (χ1n) is 8.19. The van der Waals surface area contributed by atoms with Crippen molar-refractivity contribution in [2.75, 3.05) is 0 Å². The van der Waals surface area contributed by atoms with Crippen molar-refractivity contribution in [3.63, 3.8) is 0 Å². The van der Waals surface area contributed by atoms with Crippen molar-refractivity contribution < 1.29 is 18.7 Å². The third-order valence-electron chi connectivity index (χ3n) is 3.83. The Hall–Kier alpha value is -2.60. The van der Waals surface area contributed by atoms with E-state index in [0.29, 0.717) is 21.8 Å². The molecule has 0 bridgehead atoms. The number of amides is 2. The fourth-order valence-corrected chi connectivity index (χ4v) is 3.54. The molecule has 0 aromatic heterocycles. The zero-order valence-electron chi connectivity index (χ0n) is 14.4. The minimum absolute atomic E-state index is 0.187. The molecule has 26 heavy (non-hydrogen) atoms. The first kappa shape index (κ1) is 18.2. The van der Waals surface area contributed by atoms with Crippen molar-refractivity contribution in [1.29, 1.82) is 0 Å². The van der Waals surface area contributed by atoms with Gasteiger partial charge in [-0.15, -0.1) is 0 Å². The van der Waals surface area contributed by atoms with Crippen molar-refractivity contribution in [3.05, 3.63) is 70.4 Å². The summed E-state index contributed by atoms with van der Waals surface area (Å²) in [5.74, 6) is -0.0511. The largest absolute Gasteiger partial charge is 0.488 e. The highest BCUT2D eigenvalue weighted by Crippen LogP contribution is 2.35. The Morgan fingerprint density at radius 3 is 2.62 bits per heavy atom. The van der Waals surface area contributed by atoms with Crippen LogP contribution in [0.2, 0.25) is 0 Å². The Balaban J connectivity index is 1.81. The monoisotopic (exact) mass is 371 g/mol. The fourth-order valence-electron chi connectivity index (χ4n) is 2.59. The third-order valence-corrected chi connectivity index (χ3v) is 4.71. The second-order valence-electron chi connectivity index (χ2n) is 6.10. The van der Waals surface area contributed by atoms with E-state index in [1.165, 1.54) is 17.0 Å². The lowest BCUT2D eigenvalue weighted by Gasteiger charge is -2.16. The summed E-state index contributed by atoms with van der Waals surface area (Å²) < 4.78 is 19.1. The molecule has 1 aliphatic heterocycles. The maximum Gasteiger partial charge on any atom is 0.293 e. The Labute approximate surface area is 155 Å². The van der Waals surface area contributed by atoms with Crippen LogP contribution in [-0.4, -0.2) is 22.1 Å². The lowest BCUT2D eigenvalue weighted by Crippen LogP contribution is -2.34. The van der Waals surface area contributed by atoms with Crippen LogP contribution in [-0.2, 0) is 11.4 Å². The van der Waals surface area contributed by atoms with Crippen LogP contribution in [0, 0.1) is 5.82 Å². The summed E-state index contributed by atoms with van der Waals surface area (Å²) in [5, 5.41) is -0.269. The number of thioether (sulfide) groups is 1. The molecule has 2 aromatic carbocycles. The number of hydrogen-bond acceptors (Lipinski definition) is 4. The van der Waals surface area contributed by atoms with E-state index in [1.54, 1.807) is 38.1 Å². The highest BCUT2D eigenvalue weighted by atomic mass is 32.2. The van der Waals surface area contributed by atoms with E-state index in [-0.39, 0.29) is 29.6 Å². The summed E-state index contributed by atoms with van der Waals surface area (Å²) in [6.07, 6.45) is 1.66. The van der Waals surface area contributed by atoms with E-state index in [4.69, 9.17) is 4.74 Å². The van der Waals surface area contributed by atoms with E-state index >= 15 is 0 Å². The van der Waals surface area contributed by atoms with Crippen LogP contribution in [0.15, 0.2) is 53.4 Å². The van der Waals surface area contributed by atoms with Crippen LogP contribution in [0.4, 0.5) is 9.18 Å². The number of carbonyl (C=O) groups is 2. The van der Waals surface area contributed by atoms with E-state index < -0.39 is 0 Å². The van der Waals surface area contributed by atoms with Crippen molar-refractivity contribution in [2.45, 2.75) is 26.5 Å². The van der Waals surface area contributed by atoms with Crippen LogP contribution in [0.5, 0.6) is 5.75 Å². The molecule has 0 spiro atoms. The van der Waals surface area contributed by atoms with Gasteiger partial charge in [-0.25, -0.2) is 4.39 Å². The zero-order valence-corrected chi connectivity index (χ0v) is 15.3. The molecular weight excluding hydrogens is 353 g/mol. The molecule has 2 amide bonds. The molecule has 0 unspecified atom stereocenters. The molecule has 2 aromatic rings. The quantitative estimate of drug-likeness (QED) is 0.705. The molecule has 3 rings (SSSR count). The molecule has 4 nitrogen and oxygen atoms in total. The molecule has 0 radical (unpaired) electrons. The summed E-state index contributed by atoms with van der Waals surface area (Å²) >= 11 is 0.923. The Bertz CT molecular complexity index is 879. The Kier molecular flexibility index (Phi) is 5.42. The number of carbonyl (C=O) groups excluding carboxylic acids is 2. The van der Waals surface area contributed by atoms with Crippen LogP contribution in [0.25, 0.3) is 6.08 Å². The van der Waals surface area contributed by atoms with E-state index in [0.717, 1.165) is 11.8 Å². The maximum atomic E-state index is 13.3. The zero-order chi connectivity index (χ0) is 18.7. The van der Waals surface area contributed by atoms with Crippen LogP contribution < -0.4 is 4.74 Å². The molecule has 6 heteroatoms. The molecular formula is C20H18FNO3S.